The number of ether oxygens (including phenoxy) is 1. The molecule has 462 valence electrons. The first kappa shape index (κ1) is 76.3. The normalized spacial score (nSPS) is 12.6. The lowest BCUT2D eigenvalue weighted by molar-refractivity contribution is -0.143. The molecule has 0 aliphatic rings. The Hall–Kier alpha value is -1.66. The third-order valence-electron chi connectivity index (χ3n) is 16.8. The monoisotopic (exact) mass is 1100 g/mol. The first-order valence-corrected chi connectivity index (χ1v) is 35.6. The van der Waals surface area contributed by atoms with E-state index in [4.69, 9.17) is 4.74 Å². The second kappa shape index (κ2) is 67.8. The molecule has 78 heavy (non-hydrogen) atoms. The highest BCUT2D eigenvalue weighted by Crippen LogP contribution is 2.19. The third-order valence-corrected chi connectivity index (χ3v) is 16.8. The number of esters is 1. The summed E-state index contributed by atoms with van der Waals surface area (Å²) in [6.07, 6.45) is 85.4. The lowest BCUT2D eigenvalue weighted by Crippen LogP contribution is -2.45. The molecule has 0 rings (SSSR count). The van der Waals surface area contributed by atoms with Crippen LogP contribution in [0, 0.1) is 0 Å². The summed E-state index contributed by atoms with van der Waals surface area (Å²) in [6, 6.07) is -0.537. The molecule has 0 aliphatic carbocycles. The van der Waals surface area contributed by atoms with E-state index in [0.717, 1.165) is 44.9 Å². The minimum absolute atomic E-state index is 0.0215. The Bertz CT molecular complexity index is 1220. The Kier molecular flexibility index (Phi) is 66.4. The third kappa shape index (κ3) is 63.5. The maximum atomic E-state index is 12.4. The number of nitrogens with one attached hydrogen (secondary N) is 1. The summed E-state index contributed by atoms with van der Waals surface area (Å²) in [5, 5.41) is 23.2. The predicted molar refractivity (Wildman–Crippen MR) is 343 cm³/mol. The van der Waals surface area contributed by atoms with E-state index in [9.17, 15) is 19.8 Å². The highest BCUT2D eigenvalue weighted by atomic mass is 16.5. The summed E-state index contributed by atoms with van der Waals surface area (Å²) < 4.78 is 5.48. The number of aliphatic hydroxyl groups is 2. The van der Waals surface area contributed by atoms with Crippen molar-refractivity contribution in [1.82, 2.24) is 5.32 Å². The van der Waals surface area contributed by atoms with Crippen molar-refractivity contribution in [3.8, 4) is 0 Å². The van der Waals surface area contributed by atoms with Gasteiger partial charge in [0.05, 0.1) is 25.4 Å². The summed E-state index contributed by atoms with van der Waals surface area (Å²) in [6.45, 7) is 4.97. The summed E-state index contributed by atoms with van der Waals surface area (Å²) in [4.78, 5) is 24.5. The average Bonchev–Trinajstić information content (AvgIpc) is 3.44. The van der Waals surface area contributed by atoms with Gasteiger partial charge in [0.2, 0.25) is 5.91 Å². The number of rotatable bonds is 67. The molecule has 0 aromatic heterocycles. The molecule has 0 aromatic rings. The van der Waals surface area contributed by atoms with E-state index in [0.29, 0.717) is 25.9 Å². The highest BCUT2D eigenvalue weighted by Gasteiger charge is 2.20. The van der Waals surface area contributed by atoms with Gasteiger partial charge in [0, 0.05) is 12.8 Å². The number of allylic oxidation sites excluding steroid dienone is 4. The van der Waals surface area contributed by atoms with Gasteiger partial charge in [-0.2, -0.15) is 0 Å². The molecular formula is C72H139NO5. The van der Waals surface area contributed by atoms with Crippen molar-refractivity contribution < 1.29 is 24.5 Å². The summed E-state index contributed by atoms with van der Waals surface area (Å²) in [7, 11) is 0. The molecule has 6 nitrogen and oxygen atoms in total. The fourth-order valence-electron chi connectivity index (χ4n) is 11.3. The van der Waals surface area contributed by atoms with E-state index >= 15 is 0 Å². The average molecular weight is 1100 g/mol. The van der Waals surface area contributed by atoms with E-state index in [1.165, 1.54) is 321 Å². The molecule has 0 heterocycles. The smallest absolute Gasteiger partial charge is 0.305 e. The largest absolute Gasteiger partial charge is 0.466 e. The van der Waals surface area contributed by atoms with Gasteiger partial charge in [-0.25, -0.2) is 0 Å². The molecule has 0 bridgehead atoms. The molecule has 0 saturated carbocycles. The Labute approximate surface area is 488 Å². The second-order valence-electron chi connectivity index (χ2n) is 24.6. The van der Waals surface area contributed by atoms with Gasteiger partial charge in [-0.15, -0.1) is 0 Å². The predicted octanol–water partition coefficient (Wildman–Crippen LogP) is 22.9. The van der Waals surface area contributed by atoms with Crippen LogP contribution in [0.5, 0.6) is 0 Å². The number of carbonyl (C=O) groups is 2. The van der Waals surface area contributed by atoms with Gasteiger partial charge in [-0.1, -0.05) is 353 Å². The van der Waals surface area contributed by atoms with Gasteiger partial charge < -0.3 is 20.3 Å². The van der Waals surface area contributed by atoms with Crippen LogP contribution in [0.4, 0.5) is 0 Å². The van der Waals surface area contributed by atoms with E-state index in [2.05, 4.69) is 43.5 Å². The lowest BCUT2D eigenvalue weighted by Gasteiger charge is -2.22. The molecule has 2 atom stereocenters. The van der Waals surface area contributed by atoms with Crippen LogP contribution in [0.2, 0.25) is 0 Å². The van der Waals surface area contributed by atoms with Crippen LogP contribution in [0.3, 0.4) is 0 Å². The number of hydrogen-bond acceptors (Lipinski definition) is 5. The second-order valence-corrected chi connectivity index (χ2v) is 24.6. The van der Waals surface area contributed by atoms with Crippen molar-refractivity contribution in [2.75, 3.05) is 13.2 Å². The lowest BCUT2D eigenvalue weighted by atomic mass is 10.0. The topological polar surface area (TPSA) is 95.9 Å². The highest BCUT2D eigenvalue weighted by molar-refractivity contribution is 5.76. The summed E-state index contributed by atoms with van der Waals surface area (Å²) in [5.41, 5.74) is 0. The molecule has 0 aliphatic heterocycles. The minimum Gasteiger partial charge on any atom is -0.466 e. The first-order valence-electron chi connectivity index (χ1n) is 35.6. The minimum atomic E-state index is -0.660. The molecule has 0 saturated heterocycles. The number of hydrogen-bond donors (Lipinski definition) is 3. The molecule has 3 N–H and O–H groups in total. The van der Waals surface area contributed by atoms with Crippen molar-refractivity contribution in [2.45, 2.75) is 411 Å². The maximum absolute atomic E-state index is 12.4. The fraction of sp³-hybridized carbons (Fsp3) is 0.917. The molecule has 1 amide bonds. The molecular weight excluding hydrogens is 959 g/mol. The van der Waals surface area contributed by atoms with Crippen molar-refractivity contribution in [3.63, 3.8) is 0 Å². The Morgan fingerprint density at radius 1 is 0.359 bits per heavy atom. The fourth-order valence-corrected chi connectivity index (χ4v) is 11.3. The van der Waals surface area contributed by atoms with Gasteiger partial charge >= 0.3 is 5.97 Å². The maximum Gasteiger partial charge on any atom is 0.305 e. The number of aliphatic hydroxyl groups excluding tert-OH is 2. The van der Waals surface area contributed by atoms with Crippen molar-refractivity contribution >= 4 is 11.9 Å². The van der Waals surface area contributed by atoms with Crippen LogP contribution in [0.1, 0.15) is 399 Å². The van der Waals surface area contributed by atoms with Gasteiger partial charge in [-0.05, 0) is 57.8 Å². The first-order chi connectivity index (χ1) is 38.5. The van der Waals surface area contributed by atoms with E-state index < -0.39 is 12.1 Å². The zero-order chi connectivity index (χ0) is 56.4. The van der Waals surface area contributed by atoms with Crippen LogP contribution < -0.4 is 5.32 Å². The summed E-state index contributed by atoms with van der Waals surface area (Å²) in [5.74, 6) is -0.0102. The van der Waals surface area contributed by atoms with Crippen LogP contribution in [0.15, 0.2) is 24.3 Å². The molecule has 0 spiro atoms. The van der Waals surface area contributed by atoms with Gasteiger partial charge in [0.15, 0.2) is 0 Å². The van der Waals surface area contributed by atoms with Gasteiger partial charge in [0.1, 0.15) is 0 Å². The van der Waals surface area contributed by atoms with Crippen LogP contribution in [0.25, 0.3) is 0 Å². The molecule has 0 fully saturated rings. The molecule has 0 radical (unpaired) electrons. The Balaban J connectivity index is 3.32. The quantitative estimate of drug-likeness (QED) is 0.0320. The molecule has 0 aromatic carbocycles. The number of unbranched alkanes of at least 4 members (excludes halogenated alkanes) is 52. The number of amides is 1. The number of carbonyl (C=O) groups excluding carboxylic acids is 2. The van der Waals surface area contributed by atoms with E-state index in [1.807, 2.05) is 0 Å². The standard InChI is InChI=1S/C72H139NO5/c1-3-5-7-9-11-13-15-46-50-54-58-62-66-72(77)78-67-63-59-55-51-47-44-42-40-38-36-34-32-30-28-26-24-22-20-18-16-17-19-21-23-25-27-29-31-33-35-37-39-41-43-45-49-53-57-61-65-71(76)73-69(68-74)70(75)64-60-56-52-48-14-12-10-8-6-4-2/h16-17,20,22,69-70,74-75H,3-15,18-19,21,23-68H2,1-2H3,(H,73,76)/b17-16-,22-20-. The van der Waals surface area contributed by atoms with Crippen LogP contribution in [-0.2, 0) is 14.3 Å². The SMILES string of the molecule is CCCCCCCCCCCCCCC(=O)OCCCCCCCCCCCCCCCCC/C=C\C/C=C\CCCCCCCCCCCCCCCCCCCC(=O)NC(CO)C(O)CCCCCCCCCCCC. The van der Waals surface area contributed by atoms with E-state index in [1.54, 1.807) is 0 Å². The Morgan fingerprint density at radius 2 is 0.641 bits per heavy atom. The molecule has 2 unspecified atom stereocenters. The van der Waals surface area contributed by atoms with Crippen molar-refractivity contribution in [3.05, 3.63) is 24.3 Å². The van der Waals surface area contributed by atoms with Crippen molar-refractivity contribution in [1.29, 1.82) is 0 Å². The van der Waals surface area contributed by atoms with Crippen LogP contribution >= 0.6 is 0 Å². The van der Waals surface area contributed by atoms with Crippen LogP contribution in [-0.4, -0.2) is 47.4 Å². The Morgan fingerprint density at radius 3 is 0.974 bits per heavy atom. The molecule has 6 heteroatoms. The van der Waals surface area contributed by atoms with Crippen molar-refractivity contribution in [2.24, 2.45) is 0 Å². The van der Waals surface area contributed by atoms with Gasteiger partial charge in [0.25, 0.3) is 0 Å². The zero-order valence-electron chi connectivity index (χ0n) is 52.9. The van der Waals surface area contributed by atoms with Gasteiger partial charge in [-0.3, -0.25) is 9.59 Å². The zero-order valence-corrected chi connectivity index (χ0v) is 52.9. The van der Waals surface area contributed by atoms with E-state index in [-0.39, 0.29) is 18.5 Å². The summed E-state index contributed by atoms with van der Waals surface area (Å²) >= 11 is 0.